The molecule has 250 valence electrons. The Balaban J connectivity index is 0.000000182. The van der Waals surface area contributed by atoms with Crippen molar-refractivity contribution < 1.29 is 19.5 Å². The molecule has 2 aliphatic carbocycles. The molecule has 0 aliphatic heterocycles. The number of rotatable bonds is 6. The van der Waals surface area contributed by atoms with Gasteiger partial charge in [-0.15, -0.1) is 60.7 Å². The maximum Gasteiger partial charge on any atom is 3.00 e. The van der Waals surface area contributed by atoms with Crippen molar-refractivity contribution in [1.82, 2.24) is 0 Å². The Labute approximate surface area is 324 Å². The molecule has 0 heterocycles. The van der Waals surface area contributed by atoms with Crippen molar-refractivity contribution in [1.29, 1.82) is 0 Å². The standard InChI is InChI=1S/C20H15S2.C18H15P.C7H7.CH3.Rh/c21-18-10-6-16(7-11-18)20(14-15-4-2-1-3-5-15)17-8-12-19(22)13-9-17;1-4-10-16(11-5-1)19(17-12-6-2-7-13-17)18-14-8-3-9-15-18;1-2-7-4-3-6(1)5-7;;/h1-13,21-22H;1-15H;1-3,6-7H,5H2;1H3;/q-1;;2*-1;+3/p+1. The van der Waals surface area contributed by atoms with Crippen LogP contribution in [0.4, 0.5) is 0 Å². The largest absolute Gasteiger partial charge is 3.00 e. The van der Waals surface area contributed by atoms with E-state index in [9.17, 15) is 0 Å². The zero-order chi connectivity index (χ0) is 33.0. The number of allylic oxidation sites excluding steroid dienone is 4. The van der Waals surface area contributed by atoms with E-state index in [1.165, 1.54) is 22.3 Å². The van der Waals surface area contributed by atoms with Crippen LogP contribution in [0.25, 0.3) is 5.57 Å². The van der Waals surface area contributed by atoms with E-state index in [-0.39, 0.29) is 26.9 Å². The Hall–Kier alpha value is -3.71. The van der Waals surface area contributed by atoms with Crippen LogP contribution in [0.3, 0.4) is 0 Å². The van der Waals surface area contributed by atoms with Gasteiger partial charge < -0.3 is 13.5 Å². The van der Waals surface area contributed by atoms with Crippen molar-refractivity contribution in [2.24, 2.45) is 11.8 Å². The van der Waals surface area contributed by atoms with Gasteiger partial charge in [-0.25, -0.2) is 0 Å². The fraction of sp³-hybridized carbons (Fsp3) is 0.0652. The first-order chi connectivity index (χ1) is 23.6. The van der Waals surface area contributed by atoms with Crippen LogP contribution in [0, 0.1) is 31.4 Å². The van der Waals surface area contributed by atoms with Crippen LogP contribution in [-0.4, -0.2) is 0 Å². The van der Waals surface area contributed by atoms with Crippen molar-refractivity contribution in [3.63, 3.8) is 0 Å². The molecule has 2 atom stereocenters. The molecule has 6 aromatic rings. The molecular weight excluding hydrogens is 751 g/mol. The van der Waals surface area contributed by atoms with E-state index in [0.717, 1.165) is 38.0 Å². The van der Waals surface area contributed by atoms with E-state index in [1.54, 1.807) is 0 Å². The molecule has 50 heavy (non-hydrogen) atoms. The predicted molar refractivity (Wildman–Crippen MR) is 220 cm³/mol. The van der Waals surface area contributed by atoms with Gasteiger partial charge >= 0.3 is 19.5 Å². The molecule has 0 nitrogen and oxygen atoms in total. The van der Waals surface area contributed by atoms with E-state index < -0.39 is 7.92 Å². The van der Waals surface area contributed by atoms with Crippen LogP contribution in [-0.2, 0) is 19.5 Å². The summed E-state index contributed by atoms with van der Waals surface area (Å²) in [5, 5.41) is 4.31. The summed E-state index contributed by atoms with van der Waals surface area (Å²) in [5.41, 5.74) is 4.36. The van der Waals surface area contributed by atoms with Gasteiger partial charge in [0.2, 0.25) is 0 Å². The number of hydrogen-bond acceptors (Lipinski definition) is 2. The van der Waals surface area contributed by atoms with Crippen molar-refractivity contribution in [2.75, 3.05) is 0 Å². The van der Waals surface area contributed by atoms with Crippen LogP contribution < -0.4 is 15.9 Å². The van der Waals surface area contributed by atoms with Crippen molar-refractivity contribution in [3.05, 3.63) is 224 Å². The third-order valence-corrected chi connectivity index (χ3v) is 11.5. The average molecular weight is 792 g/mol. The summed E-state index contributed by atoms with van der Waals surface area (Å²) >= 11 is 8.72. The van der Waals surface area contributed by atoms with Gasteiger partial charge in [-0.05, 0) is 42.3 Å². The van der Waals surface area contributed by atoms with Gasteiger partial charge in [0, 0.05) is 9.79 Å². The van der Waals surface area contributed by atoms with Crippen LogP contribution in [0.2, 0.25) is 0 Å². The van der Waals surface area contributed by atoms with Gasteiger partial charge in [0.25, 0.3) is 0 Å². The Bertz CT molecular complexity index is 1770. The molecule has 0 spiro atoms. The van der Waals surface area contributed by atoms with Crippen molar-refractivity contribution >= 4 is 54.7 Å². The number of fused-ring (bicyclic) bond motifs is 2. The minimum absolute atomic E-state index is 0. The summed E-state index contributed by atoms with van der Waals surface area (Å²) in [6.07, 6.45) is 14.7. The van der Waals surface area contributed by atoms with E-state index in [4.69, 9.17) is 0 Å². The monoisotopic (exact) mass is 791 g/mol. The summed E-state index contributed by atoms with van der Waals surface area (Å²) in [7, 11) is -0.877. The molecule has 0 saturated carbocycles. The molecule has 0 radical (unpaired) electrons. The van der Waals surface area contributed by atoms with Crippen LogP contribution >= 0.6 is 33.2 Å². The van der Waals surface area contributed by atoms with Crippen molar-refractivity contribution in [3.8, 4) is 0 Å². The number of thiol groups is 2. The van der Waals surface area contributed by atoms with Crippen molar-refractivity contribution in [2.45, 2.75) is 16.2 Å². The smallest absolute Gasteiger partial charge is 0.493 e. The second kappa shape index (κ2) is 20.2. The van der Waals surface area contributed by atoms with E-state index in [2.05, 4.69) is 183 Å². The first-order valence-electron chi connectivity index (χ1n) is 16.2. The molecule has 8 rings (SSSR count). The SMILES string of the molecule is Sc1ccc(C(=[C-]c2ccccc2)c2ccc(S)cc2)cc1.[C-]1=CC2C=CC1C2.[CH3-].[Rh+3].c1ccc([PH+](c2ccccc2)c2ccccc2)cc1. The van der Waals surface area contributed by atoms with Crippen LogP contribution in [0.5, 0.6) is 0 Å². The van der Waals surface area contributed by atoms with E-state index >= 15 is 0 Å². The third-order valence-electron chi connectivity index (χ3n) is 8.18. The summed E-state index contributed by atoms with van der Waals surface area (Å²) in [5.74, 6) is 1.44. The topological polar surface area (TPSA) is 0 Å². The summed E-state index contributed by atoms with van der Waals surface area (Å²) < 4.78 is 0. The first kappa shape index (κ1) is 39.1. The van der Waals surface area contributed by atoms with Crippen LogP contribution in [0.15, 0.2) is 198 Å². The molecule has 0 amide bonds. The summed E-state index contributed by atoms with van der Waals surface area (Å²) in [6.45, 7) is 0. The zero-order valence-corrected chi connectivity index (χ0v) is 32.4. The molecule has 0 aromatic heterocycles. The van der Waals surface area contributed by atoms with Gasteiger partial charge in [-0.1, -0.05) is 145 Å². The molecule has 2 unspecified atom stereocenters. The van der Waals surface area contributed by atoms with Crippen LogP contribution in [0.1, 0.15) is 23.1 Å². The molecule has 0 N–H and O–H groups in total. The minimum atomic E-state index is -0.877. The normalized spacial score (nSPS) is 14.6. The number of benzene rings is 6. The average Bonchev–Trinajstić information content (AvgIpc) is 3.81. The Morgan fingerprint density at radius 3 is 1.24 bits per heavy atom. The molecule has 4 heteroatoms. The van der Waals surface area contributed by atoms with Gasteiger partial charge in [-0.2, -0.15) is 5.92 Å². The predicted octanol–water partition coefficient (Wildman–Crippen LogP) is 10.7. The van der Waals surface area contributed by atoms with E-state index in [1.807, 2.05) is 42.5 Å². The molecule has 0 fully saturated rings. The molecule has 2 bridgehead atoms. The second-order valence-electron chi connectivity index (χ2n) is 11.7. The maximum atomic E-state index is 4.36. The quantitative estimate of drug-likeness (QED) is 0.0412. The summed E-state index contributed by atoms with van der Waals surface area (Å²) in [4.78, 5) is 1.90. The number of hydrogen-bond donors (Lipinski definition) is 2. The molecule has 2 aliphatic rings. The van der Waals surface area contributed by atoms with Gasteiger partial charge in [0.1, 0.15) is 15.9 Å². The fourth-order valence-corrected chi connectivity index (χ4v) is 8.64. The second-order valence-corrected chi connectivity index (χ2v) is 15.2. The van der Waals surface area contributed by atoms with Gasteiger partial charge in [0.15, 0.2) is 0 Å². The molecular formula is C46H41PRhS2+. The summed E-state index contributed by atoms with van der Waals surface area (Å²) in [6, 6.07) is 58.9. The maximum absolute atomic E-state index is 4.36. The third kappa shape index (κ3) is 11.1. The first-order valence-corrected chi connectivity index (χ1v) is 18.6. The van der Waals surface area contributed by atoms with Gasteiger partial charge in [-0.3, -0.25) is 6.08 Å². The molecule has 6 aromatic carbocycles. The minimum Gasteiger partial charge on any atom is -0.493 e. The van der Waals surface area contributed by atoms with E-state index in [0.29, 0.717) is 5.92 Å². The zero-order valence-electron chi connectivity index (χ0n) is 28.0. The molecule has 0 saturated heterocycles. The van der Waals surface area contributed by atoms with Gasteiger partial charge in [0.05, 0.1) is 7.92 Å². The Morgan fingerprint density at radius 2 is 0.940 bits per heavy atom. The Morgan fingerprint density at radius 1 is 0.540 bits per heavy atom. The fourth-order valence-electron chi connectivity index (χ4n) is 5.77. The Kier molecular flexibility index (Phi) is 15.8.